The van der Waals surface area contributed by atoms with E-state index in [1.165, 1.54) is 39.5 Å². The van der Waals surface area contributed by atoms with E-state index in [0.29, 0.717) is 22.8 Å². The summed E-state index contributed by atoms with van der Waals surface area (Å²) in [7, 11) is 0.596. The molecule has 1 heterocycles. The van der Waals surface area contributed by atoms with Gasteiger partial charge in [-0.25, -0.2) is 8.42 Å². The number of ketones is 1. The van der Waals surface area contributed by atoms with E-state index in [1.54, 1.807) is 38.1 Å². The topological polar surface area (TPSA) is 82.1 Å². The number of hydrogen-bond donors (Lipinski definition) is 0. The molecule has 3 rings (SSSR count). The minimum Gasteiger partial charge on any atom is -0.493 e. The Balaban J connectivity index is 2.26. The first-order valence-corrected chi connectivity index (χ1v) is 10.4. The molecule has 0 atom stereocenters. The van der Waals surface area contributed by atoms with E-state index in [-0.39, 0.29) is 21.9 Å². The van der Waals surface area contributed by atoms with Crippen molar-refractivity contribution in [2.75, 3.05) is 21.3 Å². The van der Waals surface area contributed by atoms with Crippen molar-refractivity contribution in [2.45, 2.75) is 24.8 Å². The lowest BCUT2D eigenvalue weighted by Crippen LogP contribution is -2.43. The predicted molar refractivity (Wildman–Crippen MR) is 109 cm³/mol. The summed E-state index contributed by atoms with van der Waals surface area (Å²) in [6.45, 7) is 3.45. The first-order chi connectivity index (χ1) is 13.8. The highest BCUT2D eigenvalue weighted by Gasteiger charge is 2.40. The van der Waals surface area contributed by atoms with Crippen LogP contribution in [0.2, 0.25) is 0 Å². The number of sulfonamides is 1. The number of allylic oxidation sites excluding steroid dienone is 1. The van der Waals surface area contributed by atoms with Crippen LogP contribution in [-0.2, 0) is 10.0 Å². The zero-order valence-electron chi connectivity index (χ0n) is 16.9. The lowest BCUT2D eigenvalue weighted by Gasteiger charge is -2.34. The number of carbonyl (C=O) groups is 1. The van der Waals surface area contributed by atoms with Crippen LogP contribution in [0, 0.1) is 0 Å². The van der Waals surface area contributed by atoms with Gasteiger partial charge in [-0.2, -0.15) is 0 Å². The Morgan fingerprint density at radius 3 is 2.07 bits per heavy atom. The maximum absolute atomic E-state index is 13.2. The van der Waals surface area contributed by atoms with E-state index < -0.39 is 16.1 Å². The quantitative estimate of drug-likeness (QED) is 0.694. The molecule has 1 aliphatic heterocycles. The van der Waals surface area contributed by atoms with E-state index in [0.717, 1.165) is 4.31 Å². The van der Waals surface area contributed by atoms with E-state index in [9.17, 15) is 13.2 Å². The van der Waals surface area contributed by atoms with Crippen molar-refractivity contribution in [2.24, 2.45) is 0 Å². The number of ether oxygens (including phenoxy) is 3. The second-order valence-electron chi connectivity index (χ2n) is 6.71. The SMILES string of the molecule is COc1cc(/C=C2/C(=O)c3ccccc3S(=O)(=O)N2C(C)C)cc(OC)c1OC. The normalized spacial score (nSPS) is 16.7. The maximum Gasteiger partial charge on any atom is 0.265 e. The minimum atomic E-state index is -3.87. The van der Waals surface area contributed by atoms with Gasteiger partial charge in [0.15, 0.2) is 11.5 Å². The zero-order valence-corrected chi connectivity index (χ0v) is 17.7. The molecule has 0 saturated carbocycles. The third-order valence-corrected chi connectivity index (χ3v) is 6.65. The molecule has 0 saturated heterocycles. The Morgan fingerprint density at radius 1 is 0.966 bits per heavy atom. The maximum atomic E-state index is 13.2. The number of fused-ring (bicyclic) bond motifs is 1. The highest BCUT2D eigenvalue weighted by molar-refractivity contribution is 7.89. The number of benzene rings is 2. The summed E-state index contributed by atoms with van der Waals surface area (Å²) in [5.41, 5.74) is 0.763. The number of hydrogen-bond acceptors (Lipinski definition) is 6. The van der Waals surface area contributed by atoms with Gasteiger partial charge in [0.25, 0.3) is 10.0 Å². The van der Waals surface area contributed by atoms with E-state index >= 15 is 0 Å². The Labute approximate surface area is 170 Å². The Hall–Kier alpha value is -3.00. The van der Waals surface area contributed by atoms with Crippen molar-refractivity contribution in [1.29, 1.82) is 0 Å². The van der Waals surface area contributed by atoms with Crippen LogP contribution in [0.3, 0.4) is 0 Å². The molecular formula is C21H23NO6S. The smallest absolute Gasteiger partial charge is 0.265 e. The molecule has 0 N–H and O–H groups in total. The Morgan fingerprint density at radius 2 is 1.55 bits per heavy atom. The monoisotopic (exact) mass is 417 g/mol. The van der Waals surface area contributed by atoms with Crippen LogP contribution in [-0.4, -0.2) is 45.9 Å². The Bertz CT molecular complexity index is 1060. The molecule has 8 heteroatoms. The van der Waals surface area contributed by atoms with Gasteiger partial charge in [0.1, 0.15) is 5.70 Å². The van der Waals surface area contributed by atoms with Gasteiger partial charge in [-0.3, -0.25) is 9.10 Å². The molecule has 0 bridgehead atoms. The molecule has 154 valence electrons. The van der Waals surface area contributed by atoms with Gasteiger partial charge in [-0.15, -0.1) is 0 Å². The van der Waals surface area contributed by atoms with Crippen LogP contribution in [0.1, 0.15) is 29.8 Å². The molecule has 7 nitrogen and oxygen atoms in total. The Kier molecular flexibility index (Phi) is 5.57. The number of Topliss-reactive ketones (excluding diaryl/α,β-unsaturated/α-hetero) is 1. The summed E-state index contributed by atoms with van der Waals surface area (Å²) in [4.78, 5) is 13.2. The zero-order chi connectivity index (χ0) is 21.3. The van der Waals surface area contributed by atoms with Crippen LogP contribution < -0.4 is 14.2 Å². The largest absolute Gasteiger partial charge is 0.493 e. The molecule has 0 amide bonds. The lowest BCUT2D eigenvalue weighted by molar-refractivity contribution is 0.0996. The second-order valence-corrected chi connectivity index (χ2v) is 8.49. The third kappa shape index (κ3) is 3.44. The summed E-state index contributed by atoms with van der Waals surface area (Å²) in [5, 5.41) is 0. The fourth-order valence-corrected chi connectivity index (χ4v) is 5.23. The van der Waals surface area contributed by atoms with Gasteiger partial charge in [0.05, 0.1) is 26.2 Å². The molecule has 1 aliphatic rings. The van der Waals surface area contributed by atoms with Crippen LogP contribution >= 0.6 is 0 Å². The summed E-state index contributed by atoms with van der Waals surface area (Å²) in [5.74, 6) is 0.853. The molecule has 0 aliphatic carbocycles. The number of rotatable bonds is 5. The van der Waals surface area contributed by atoms with Gasteiger partial charge in [0.2, 0.25) is 11.5 Å². The van der Waals surface area contributed by atoms with E-state index in [2.05, 4.69) is 0 Å². The molecule has 29 heavy (non-hydrogen) atoms. The second kappa shape index (κ2) is 7.79. The summed E-state index contributed by atoms with van der Waals surface area (Å²) >= 11 is 0. The van der Waals surface area contributed by atoms with Gasteiger partial charge in [-0.1, -0.05) is 12.1 Å². The fraction of sp³-hybridized carbons (Fsp3) is 0.286. The number of methoxy groups -OCH3 is 3. The van der Waals surface area contributed by atoms with Gasteiger partial charge >= 0.3 is 0 Å². The average Bonchev–Trinajstić information content (AvgIpc) is 2.70. The molecule has 0 spiro atoms. The van der Waals surface area contributed by atoms with Gasteiger partial charge in [0, 0.05) is 11.6 Å². The molecule has 0 fully saturated rings. The highest BCUT2D eigenvalue weighted by atomic mass is 32.2. The van der Waals surface area contributed by atoms with Crippen molar-refractivity contribution in [1.82, 2.24) is 4.31 Å². The lowest BCUT2D eigenvalue weighted by atomic mass is 10.0. The first-order valence-electron chi connectivity index (χ1n) is 8.96. The minimum absolute atomic E-state index is 0.0146. The first kappa shape index (κ1) is 20.7. The van der Waals surface area contributed by atoms with Crippen molar-refractivity contribution in [3.8, 4) is 17.2 Å². The standard InChI is InChI=1S/C21H23NO6S/c1-13(2)22-16(20(23)15-8-6-7-9-19(15)29(22,24)25)10-14-11-17(26-3)21(28-5)18(12-14)27-4/h6-13H,1-5H3/b16-10-. The predicted octanol–water partition coefficient (Wildman–Crippen LogP) is 3.35. The van der Waals surface area contributed by atoms with Crippen molar-refractivity contribution < 1.29 is 27.4 Å². The molecule has 2 aromatic rings. The molecule has 0 aromatic heterocycles. The molecule has 0 unspecified atom stereocenters. The van der Waals surface area contributed by atoms with Crippen LogP contribution in [0.5, 0.6) is 17.2 Å². The van der Waals surface area contributed by atoms with Crippen molar-refractivity contribution >= 4 is 21.9 Å². The van der Waals surface area contributed by atoms with Crippen LogP contribution in [0.25, 0.3) is 6.08 Å². The van der Waals surface area contributed by atoms with Gasteiger partial charge < -0.3 is 14.2 Å². The number of nitrogens with zero attached hydrogens (tertiary/aromatic N) is 1. The third-order valence-electron chi connectivity index (χ3n) is 4.60. The average molecular weight is 417 g/mol. The summed E-state index contributed by atoms with van der Waals surface area (Å²) < 4.78 is 43.6. The fourth-order valence-electron chi connectivity index (χ4n) is 3.38. The molecule has 0 radical (unpaired) electrons. The van der Waals surface area contributed by atoms with Crippen molar-refractivity contribution in [3.05, 3.63) is 53.2 Å². The molecule has 2 aromatic carbocycles. The van der Waals surface area contributed by atoms with E-state index in [4.69, 9.17) is 14.2 Å². The summed E-state index contributed by atoms with van der Waals surface area (Å²) in [6.07, 6.45) is 1.53. The van der Waals surface area contributed by atoms with Gasteiger partial charge in [-0.05, 0) is 49.8 Å². The number of carbonyl (C=O) groups excluding carboxylic acids is 1. The van der Waals surface area contributed by atoms with Crippen LogP contribution in [0.4, 0.5) is 0 Å². The van der Waals surface area contributed by atoms with E-state index in [1.807, 2.05) is 0 Å². The molecular weight excluding hydrogens is 394 g/mol. The van der Waals surface area contributed by atoms with Crippen LogP contribution in [0.15, 0.2) is 47.0 Å². The van der Waals surface area contributed by atoms with Crippen molar-refractivity contribution in [3.63, 3.8) is 0 Å². The summed E-state index contributed by atoms with van der Waals surface area (Å²) in [6, 6.07) is 9.10. The highest BCUT2D eigenvalue weighted by Crippen LogP contribution is 2.40.